The van der Waals surface area contributed by atoms with Crippen molar-refractivity contribution in [1.29, 1.82) is 0 Å². The summed E-state index contributed by atoms with van der Waals surface area (Å²) in [7, 11) is 1.98. The maximum Gasteiger partial charge on any atom is 0.282 e. The molecule has 0 spiro atoms. The van der Waals surface area contributed by atoms with E-state index in [1.54, 1.807) is 23.9 Å². The molecule has 1 saturated carbocycles. The van der Waals surface area contributed by atoms with Crippen LogP contribution in [0.1, 0.15) is 26.7 Å². The van der Waals surface area contributed by atoms with Crippen LogP contribution in [0.25, 0.3) is 0 Å². The van der Waals surface area contributed by atoms with Crippen LogP contribution < -0.4 is 5.32 Å². The van der Waals surface area contributed by atoms with Gasteiger partial charge in [-0.2, -0.15) is 0 Å². The molecule has 1 aromatic carbocycles. The highest BCUT2D eigenvalue weighted by molar-refractivity contribution is 8.00. The van der Waals surface area contributed by atoms with Gasteiger partial charge in [0.2, 0.25) is 0 Å². The first-order valence-corrected chi connectivity index (χ1v) is 7.41. The molecule has 2 unspecified atom stereocenters. The summed E-state index contributed by atoms with van der Waals surface area (Å²) < 4.78 is 0. The average molecular weight is 280 g/mol. The summed E-state index contributed by atoms with van der Waals surface area (Å²) in [5, 5.41) is 14.8. The summed E-state index contributed by atoms with van der Waals surface area (Å²) in [6.45, 7) is 4.52. The number of para-hydroxylation sites is 1. The van der Waals surface area contributed by atoms with Crippen molar-refractivity contribution < 1.29 is 4.92 Å². The fourth-order valence-electron chi connectivity index (χ4n) is 2.91. The van der Waals surface area contributed by atoms with Gasteiger partial charge in [-0.1, -0.05) is 26.0 Å². The third-order valence-electron chi connectivity index (χ3n) is 3.94. The van der Waals surface area contributed by atoms with E-state index in [-0.39, 0.29) is 16.0 Å². The van der Waals surface area contributed by atoms with E-state index in [0.29, 0.717) is 11.3 Å². The first-order chi connectivity index (χ1) is 8.95. The SMILES string of the molecule is CNC1C(Sc2ccccc2[N+](=O)[O-])CCC1(C)C. The Balaban J connectivity index is 2.20. The second-order valence-corrected chi connectivity index (χ2v) is 6.96. The molecule has 0 amide bonds. The topological polar surface area (TPSA) is 55.2 Å². The Kier molecular flexibility index (Phi) is 4.16. The van der Waals surface area contributed by atoms with Crippen LogP contribution in [0.2, 0.25) is 0 Å². The van der Waals surface area contributed by atoms with Gasteiger partial charge in [-0.15, -0.1) is 11.8 Å². The Morgan fingerprint density at radius 2 is 2.11 bits per heavy atom. The zero-order chi connectivity index (χ0) is 14.0. The fraction of sp³-hybridized carbons (Fsp3) is 0.571. The van der Waals surface area contributed by atoms with E-state index < -0.39 is 0 Å². The Bertz CT molecular complexity index is 476. The molecule has 0 heterocycles. The maximum absolute atomic E-state index is 11.1. The third-order valence-corrected chi connectivity index (χ3v) is 5.35. The van der Waals surface area contributed by atoms with Crippen molar-refractivity contribution in [3.05, 3.63) is 34.4 Å². The molecule has 2 atom stereocenters. The lowest BCUT2D eigenvalue weighted by Crippen LogP contribution is -2.41. The molecule has 0 radical (unpaired) electrons. The number of nitro benzene ring substituents is 1. The Hall–Kier alpha value is -1.07. The van der Waals surface area contributed by atoms with Crippen molar-refractivity contribution in [2.45, 2.75) is 42.9 Å². The van der Waals surface area contributed by atoms with Gasteiger partial charge in [0.05, 0.1) is 9.82 Å². The molecule has 1 aliphatic carbocycles. The molecule has 2 rings (SSSR count). The third kappa shape index (κ3) is 2.92. The first kappa shape index (κ1) is 14.3. The number of nitrogens with zero attached hydrogens (tertiary/aromatic N) is 1. The molecule has 104 valence electrons. The van der Waals surface area contributed by atoms with E-state index >= 15 is 0 Å². The van der Waals surface area contributed by atoms with Crippen LogP contribution in [0.5, 0.6) is 0 Å². The van der Waals surface area contributed by atoms with Gasteiger partial charge in [0.25, 0.3) is 5.69 Å². The smallest absolute Gasteiger partial charge is 0.282 e. The monoisotopic (exact) mass is 280 g/mol. The highest BCUT2D eigenvalue weighted by Gasteiger charge is 2.41. The van der Waals surface area contributed by atoms with Crippen molar-refractivity contribution in [3.63, 3.8) is 0 Å². The van der Waals surface area contributed by atoms with Crippen LogP contribution >= 0.6 is 11.8 Å². The van der Waals surface area contributed by atoms with Crippen molar-refractivity contribution in [2.75, 3.05) is 7.05 Å². The van der Waals surface area contributed by atoms with Crippen LogP contribution in [-0.4, -0.2) is 23.3 Å². The van der Waals surface area contributed by atoms with Crippen molar-refractivity contribution in [3.8, 4) is 0 Å². The van der Waals surface area contributed by atoms with E-state index in [1.807, 2.05) is 19.2 Å². The molecular weight excluding hydrogens is 260 g/mol. The minimum atomic E-state index is -0.295. The molecule has 0 bridgehead atoms. The fourth-order valence-corrected chi connectivity index (χ4v) is 4.54. The maximum atomic E-state index is 11.1. The summed E-state index contributed by atoms with van der Waals surface area (Å²) >= 11 is 1.64. The molecule has 0 aliphatic heterocycles. The molecule has 0 saturated heterocycles. The van der Waals surface area contributed by atoms with Gasteiger partial charge in [-0.25, -0.2) is 0 Å². The summed E-state index contributed by atoms with van der Waals surface area (Å²) in [5.74, 6) is 0. The molecule has 1 N–H and O–H groups in total. The predicted molar refractivity (Wildman–Crippen MR) is 78.6 cm³/mol. The van der Waals surface area contributed by atoms with Gasteiger partial charge in [-0.3, -0.25) is 10.1 Å². The summed E-state index contributed by atoms with van der Waals surface area (Å²) in [6.07, 6.45) is 2.24. The van der Waals surface area contributed by atoms with Crippen LogP contribution in [-0.2, 0) is 0 Å². The molecule has 1 fully saturated rings. The van der Waals surface area contributed by atoms with Gasteiger partial charge < -0.3 is 5.32 Å². The van der Waals surface area contributed by atoms with Crippen molar-refractivity contribution in [2.24, 2.45) is 5.41 Å². The quantitative estimate of drug-likeness (QED) is 0.678. The molecule has 5 heteroatoms. The normalized spacial score (nSPS) is 25.4. The van der Waals surface area contributed by atoms with Gasteiger partial charge in [0, 0.05) is 17.4 Å². The van der Waals surface area contributed by atoms with E-state index in [9.17, 15) is 10.1 Å². The van der Waals surface area contributed by atoms with Crippen LogP contribution in [0.3, 0.4) is 0 Å². The molecule has 19 heavy (non-hydrogen) atoms. The standard InChI is InChI=1S/C14H20N2O2S/c1-14(2)9-8-12(13(14)15-3)19-11-7-5-4-6-10(11)16(17)18/h4-7,12-13,15H,8-9H2,1-3H3. The molecule has 1 aromatic rings. The van der Waals surface area contributed by atoms with E-state index in [2.05, 4.69) is 19.2 Å². The molecule has 1 aliphatic rings. The van der Waals surface area contributed by atoms with Crippen molar-refractivity contribution in [1.82, 2.24) is 5.32 Å². The Labute approximate surface area is 118 Å². The second kappa shape index (κ2) is 5.51. The lowest BCUT2D eigenvalue weighted by Gasteiger charge is -2.30. The number of nitro groups is 1. The van der Waals surface area contributed by atoms with Gasteiger partial charge in [0.15, 0.2) is 0 Å². The van der Waals surface area contributed by atoms with E-state index in [0.717, 1.165) is 17.7 Å². The number of hydrogen-bond acceptors (Lipinski definition) is 4. The zero-order valence-electron chi connectivity index (χ0n) is 11.6. The zero-order valence-corrected chi connectivity index (χ0v) is 12.4. The van der Waals surface area contributed by atoms with E-state index in [4.69, 9.17) is 0 Å². The Morgan fingerprint density at radius 1 is 1.42 bits per heavy atom. The van der Waals surface area contributed by atoms with Gasteiger partial charge >= 0.3 is 0 Å². The van der Waals surface area contributed by atoms with Crippen molar-refractivity contribution >= 4 is 17.4 Å². The van der Waals surface area contributed by atoms with Crippen LogP contribution in [0, 0.1) is 15.5 Å². The van der Waals surface area contributed by atoms with Crippen LogP contribution in [0.15, 0.2) is 29.2 Å². The largest absolute Gasteiger partial charge is 0.315 e. The molecule has 4 nitrogen and oxygen atoms in total. The number of nitrogens with one attached hydrogen (secondary N) is 1. The van der Waals surface area contributed by atoms with Gasteiger partial charge in [0.1, 0.15) is 0 Å². The van der Waals surface area contributed by atoms with E-state index in [1.165, 1.54) is 0 Å². The number of rotatable bonds is 4. The minimum absolute atomic E-state index is 0.215. The summed E-state index contributed by atoms with van der Waals surface area (Å²) in [4.78, 5) is 11.5. The number of hydrogen-bond donors (Lipinski definition) is 1. The minimum Gasteiger partial charge on any atom is -0.315 e. The van der Waals surface area contributed by atoms with Crippen LogP contribution in [0.4, 0.5) is 5.69 Å². The summed E-state index contributed by atoms with van der Waals surface area (Å²) in [6, 6.07) is 7.40. The lowest BCUT2D eigenvalue weighted by molar-refractivity contribution is -0.387. The second-order valence-electron chi connectivity index (χ2n) is 5.67. The highest BCUT2D eigenvalue weighted by atomic mass is 32.2. The number of thioether (sulfide) groups is 1. The molecule has 0 aromatic heterocycles. The lowest BCUT2D eigenvalue weighted by atomic mass is 9.87. The number of benzene rings is 1. The summed E-state index contributed by atoms with van der Waals surface area (Å²) in [5.41, 5.74) is 0.461. The highest BCUT2D eigenvalue weighted by Crippen LogP contribution is 2.46. The van der Waals surface area contributed by atoms with Gasteiger partial charge in [-0.05, 0) is 31.4 Å². The predicted octanol–water partition coefficient (Wildman–Crippen LogP) is 3.46. The molecular formula is C14H20N2O2S. The first-order valence-electron chi connectivity index (χ1n) is 6.53. The average Bonchev–Trinajstić information content (AvgIpc) is 2.64. The Morgan fingerprint density at radius 3 is 2.74 bits per heavy atom.